The highest BCUT2D eigenvalue weighted by atomic mass is 16.5. The van der Waals surface area contributed by atoms with E-state index in [4.69, 9.17) is 4.74 Å². The summed E-state index contributed by atoms with van der Waals surface area (Å²) in [5.74, 6) is 0. The summed E-state index contributed by atoms with van der Waals surface area (Å²) in [4.78, 5) is 0. The van der Waals surface area contributed by atoms with E-state index in [2.05, 4.69) is 33.0 Å². The van der Waals surface area contributed by atoms with Crippen LogP contribution >= 0.6 is 0 Å². The highest BCUT2D eigenvalue weighted by Gasteiger charge is 2.24. The first-order valence-corrected chi connectivity index (χ1v) is 8.42. The lowest BCUT2D eigenvalue weighted by molar-refractivity contribution is -0.00466. The summed E-state index contributed by atoms with van der Waals surface area (Å²) in [5, 5.41) is 3.80. The maximum absolute atomic E-state index is 5.82. The van der Waals surface area contributed by atoms with Crippen LogP contribution in [0.4, 0.5) is 0 Å². The Balaban J connectivity index is 2.22. The van der Waals surface area contributed by atoms with Crippen molar-refractivity contribution >= 4 is 0 Å². The fourth-order valence-corrected chi connectivity index (χ4v) is 2.95. The smallest absolute Gasteiger partial charge is 0.0589 e. The lowest BCUT2D eigenvalue weighted by Crippen LogP contribution is -2.42. The molecule has 0 aliphatic carbocycles. The van der Waals surface area contributed by atoms with Crippen molar-refractivity contribution in [1.82, 2.24) is 5.32 Å². The van der Waals surface area contributed by atoms with Crippen LogP contribution in [-0.4, -0.2) is 25.3 Å². The van der Waals surface area contributed by atoms with Gasteiger partial charge in [-0.25, -0.2) is 0 Å². The number of nitrogens with one attached hydrogen (secondary N) is 1. The van der Waals surface area contributed by atoms with Crippen LogP contribution in [0.15, 0.2) is 0 Å². The van der Waals surface area contributed by atoms with Crippen LogP contribution in [0.3, 0.4) is 0 Å². The average molecular weight is 269 g/mol. The fraction of sp³-hybridized carbons (Fsp3) is 1.00. The van der Waals surface area contributed by atoms with Crippen LogP contribution < -0.4 is 5.32 Å². The molecule has 1 saturated heterocycles. The van der Waals surface area contributed by atoms with Crippen LogP contribution in [-0.2, 0) is 4.74 Å². The molecule has 1 aliphatic rings. The molecule has 0 radical (unpaired) electrons. The number of unbranched alkanes of at least 4 members (excludes halogenated alkanes) is 2. The highest BCUT2D eigenvalue weighted by molar-refractivity contribution is 4.80. The first-order chi connectivity index (χ1) is 9.07. The Hall–Kier alpha value is -0.0800. The number of hydrogen-bond acceptors (Lipinski definition) is 2. The normalized spacial score (nSPS) is 24.6. The second kappa shape index (κ2) is 8.97. The maximum atomic E-state index is 5.82. The zero-order valence-corrected chi connectivity index (χ0v) is 13.6. The maximum Gasteiger partial charge on any atom is 0.0589 e. The van der Waals surface area contributed by atoms with E-state index in [0.29, 0.717) is 17.6 Å². The summed E-state index contributed by atoms with van der Waals surface area (Å²) in [7, 11) is 0. The highest BCUT2D eigenvalue weighted by Crippen LogP contribution is 2.24. The molecule has 2 nitrogen and oxygen atoms in total. The molecule has 0 aromatic heterocycles. The Bertz CT molecular complexity index is 225. The van der Waals surface area contributed by atoms with Gasteiger partial charge in [0.15, 0.2) is 0 Å². The molecule has 2 heteroatoms. The summed E-state index contributed by atoms with van der Waals surface area (Å²) < 4.78 is 5.82. The SMILES string of the molecule is CCCCCC(C)(C)CNC1CCOC(CCC)C1. The van der Waals surface area contributed by atoms with Gasteiger partial charge in [-0.3, -0.25) is 0 Å². The van der Waals surface area contributed by atoms with E-state index in [-0.39, 0.29) is 0 Å². The molecule has 0 spiro atoms. The summed E-state index contributed by atoms with van der Waals surface area (Å²) in [6.45, 7) is 11.4. The van der Waals surface area contributed by atoms with E-state index >= 15 is 0 Å². The third-order valence-electron chi connectivity index (χ3n) is 4.30. The van der Waals surface area contributed by atoms with Gasteiger partial charge in [0.05, 0.1) is 6.10 Å². The molecule has 114 valence electrons. The zero-order valence-electron chi connectivity index (χ0n) is 13.6. The quantitative estimate of drug-likeness (QED) is 0.621. The van der Waals surface area contributed by atoms with Gasteiger partial charge in [0, 0.05) is 19.2 Å². The molecule has 0 saturated carbocycles. The van der Waals surface area contributed by atoms with Crippen LogP contribution in [0.5, 0.6) is 0 Å². The van der Waals surface area contributed by atoms with Crippen molar-refractivity contribution in [2.24, 2.45) is 5.41 Å². The van der Waals surface area contributed by atoms with Crippen molar-refractivity contribution in [3.8, 4) is 0 Å². The topological polar surface area (TPSA) is 21.3 Å². The van der Waals surface area contributed by atoms with Crippen molar-refractivity contribution in [2.45, 2.75) is 91.2 Å². The minimum atomic E-state index is 0.438. The number of rotatable bonds is 9. The van der Waals surface area contributed by atoms with E-state index < -0.39 is 0 Å². The molecule has 0 amide bonds. The number of hydrogen-bond donors (Lipinski definition) is 1. The Morgan fingerprint density at radius 1 is 1.16 bits per heavy atom. The minimum Gasteiger partial charge on any atom is -0.378 e. The molecular formula is C17H35NO. The van der Waals surface area contributed by atoms with Crippen molar-refractivity contribution in [1.29, 1.82) is 0 Å². The summed E-state index contributed by atoms with van der Waals surface area (Å²) in [6, 6.07) is 0.677. The third-order valence-corrected chi connectivity index (χ3v) is 4.30. The van der Waals surface area contributed by atoms with Gasteiger partial charge >= 0.3 is 0 Å². The lowest BCUT2D eigenvalue weighted by Gasteiger charge is -2.33. The second-order valence-electron chi connectivity index (χ2n) is 7.00. The first kappa shape index (κ1) is 17.0. The lowest BCUT2D eigenvalue weighted by atomic mass is 9.86. The van der Waals surface area contributed by atoms with Gasteiger partial charge in [0.25, 0.3) is 0 Å². The van der Waals surface area contributed by atoms with Gasteiger partial charge in [-0.1, -0.05) is 53.4 Å². The molecule has 0 aromatic carbocycles. The minimum absolute atomic E-state index is 0.438. The molecule has 0 aromatic rings. The van der Waals surface area contributed by atoms with E-state index in [1.165, 1.54) is 51.4 Å². The monoisotopic (exact) mass is 269 g/mol. The zero-order chi connectivity index (χ0) is 14.1. The van der Waals surface area contributed by atoms with E-state index in [1.54, 1.807) is 0 Å². The van der Waals surface area contributed by atoms with Gasteiger partial charge in [-0.2, -0.15) is 0 Å². The molecule has 1 rings (SSSR count). The van der Waals surface area contributed by atoms with Crippen LogP contribution in [0.1, 0.15) is 79.1 Å². The molecule has 2 unspecified atom stereocenters. The Kier molecular flexibility index (Phi) is 8.01. The fourth-order valence-electron chi connectivity index (χ4n) is 2.95. The molecule has 1 heterocycles. The van der Waals surface area contributed by atoms with E-state index in [9.17, 15) is 0 Å². The molecule has 2 atom stereocenters. The van der Waals surface area contributed by atoms with Crippen LogP contribution in [0.2, 0.25) is 0 Å². The predicted octanol–water partition coefficient (Wildman–Crippen LogP) is 4.53. The molecule has 1 N–H and O–H groups in total. The Morgan fingerprint density at radius 2 is 1.95 bits per heavy atom. The van der Waals surface area contributed by atoms with Gasteiger partial charge in [-0.15, -0.1) is 0 Å². The molecule has 1 fully saturated rings. The van der Waals surface area contributed by atoms with Gasteiger partial charge in [0.2, 0.25) is 0 Å². The molecule has 0 bridgehead atoms. The summed E-state index contributed by atoms with van der Waals surface area (Å²) >= 11 is 0. The number of ether oxygens (including phenoxy) is 1. The Morgan fingerprint density at radius 3 is 2.63 bits per heavy atom. The third kappa shape index (κ3) is 7.31. The average Bonchev–Trinajstić information content (AvgIpc) is 2.38. The summed E-state index contributed by atoms with van der Waals surface area (Å²) in [6.07, 6.45) is 10.8. The first-order valence-electron chi connectivity index (χ1n) is 8.42. The van der Waals surface area contributed by atoms with Crippen LogP contribution in [0, 0.1) is 5.41 Å². The summed E-state index contributed by atoms with van der Waals surface area (Å²) in [5.41, 5.74) is 0.438. The molecule has 1 aliphatic heterocycles. The van der Waals surface area contributed by atoms with Crippen molar-refractivity contribution in [2.75, 3.05) is 13.2 Å². The van der Waals surface area contributed by atoms with Gasteiger partial charge < -0.3 is 10.1 Å². The van der Waals surface area contributed by atoms with Crippen molar-refractivity contribution in [3.05, 3.63) is 0 Å². The Labute approximate surface area is 120 Å². The second-order valence-corrected chi connectivity index (χ2v) is 7.00. The predicted molar refractivity (Wildman–Crippen MR) is 83.6 cm³/mol. The van der Waals surface area contributed by atoms with E-state index in [0.717, 1.165) is 13.2 Å². The van der Waals surface area contributed by atoms with Crippen LogP contribution in [0.25, 0.3) is 0 Å². The molecular weight excluding hydrogens is 234 g/mol. The van der Waals surface area contributed by atoms with Crippen molar-refractivity contribution < 1.29 is 4.74 Å². The van der Waals surface area contributed by atoms with Gasteiger partial charge in [0.1, 0.15) is 0 Å². The van der Waals surface area contributed by atoms with Gasteiger partial charge in [-0.05, 0) is 31.1 Å². The van der Waals surface area contributed by atoms with E-state index in [1.807, 2.05) is 0 Å². The molecule has 19 heavy (non-hydrogen) atoms. The van der Waals surface area contributed by atoms with Crippen molar-refractivity contribution in [3.63, 3.8) is 0 Å². The standard InChI is InChI=1S/C17H35NO/c1-5-7-8-11-17(3,4)14-18-15-10-12-19-16(13-15)9-6-2/h15-16,18H,5-14H2,1-4H3. The largest absolute Gasteiger partial charge is 0.378 e.